The minimum absolute atomic E-state index is 0.172. The second kappa shape index (κ2) is 5.53. The van der Waals surface area contributed by atoms with Crippen LogP contribution in [0.5, 0.6) is 0 Å². The van der Waals surface area contributed by atoms with E-state index >= 15 is 0 Å². The molecule has 0 unspecified atom stereocenters. The average Bonchev–Trinajstić information content (AvgIpc) is 2.85. The highest BCUT2D eigenvalue weighted by atomic mass is 16.5. The topological polar surface area (TPSA) is 54.1 Å². The Morgan fingerprint density at radius 1 is 1.38 bits per heavy atom. The minimum Gasteiger partial charge on any atom is -0.468 e. The van der Waals surface area contributed by atoms with E-state index in [0.29, 0.717) is 12.3 Å². The van der Waals surface area contributed by atoms with Crippen molar-refractivity contribution in [2.24, 2.45) is 5.92 Å². The molecule has 2 atom stereocenters. The zero-order valence-electron chi connectivity index (χ0n) is 12.8. The number of rotatable bonds is 3. The van der Waals surface area contributed by atoms with Gasteiger partial charge < -0.3 is 9.72 Å². The quantitative estimate of drug-likeness (QED) is 0.853. The third kappa shape index (κ3) is 2.56. The minimum atomic E-state index is -0.259. The summed E-state index contributed by atoms with van der Waals surface area (Å²) in [6.07, 6.45) is 1.67. The molecule has 4 nitrogen and oxygen atoms in total. The lowest BCUT2D eigenvalue weighted by atomic mass is 9.90. The molecule has 0 spiro atoms. The zero-order valence-corrected chi connectivity index (χ0v) is 12.8. The van der Waals surface area contributed by atoms with Crippen molar-refractivity contribution >= 4 is 16.9 Å². The van der Waals surface area contributed by atoms with Crippen molar-refractivity contribution in [1.82, 2.24) is 10.3 Å². The summed E-state index contributed by atoms with van der Waals surface area (Å²) in [6.45, 7) is 4.40. The molecule has 112 valence electrons. The maximum absolute atomic E-state index is 12.0. The summed E-state index contributed by atoms with van der Waals surface area (Å²) in [7, 11) is 1.45. The number of aromatic nitrogens is 1. The normalized spacial score (nSPS) is 21.5. The number of aromatic amines is 1. The van der Waals surface area contributed by atoms with Crippen LogP contribution in [0.25, 0.3) is 10.9 Å². The first kappa shape index (κ1) is 14.1. The van der Waals surface area contributed by atoms with Crippen LogP contribution in [0, 0.1) is 5.92 Å². The van der Waals surface area contributed by atoms with Gasteiger partial charge in [0.05, 0.1) is 7.11 Å². The van der Waals surface area contributed by atoms with Crippen molar-refractivity contribution in [2.75, 3.05) is 7.11 Å². The van der Waals surface area contributed by atoms with Crippen LogP contribution in [-0.2, 0) is 16.0 Å². The van der Waals surface area contributed by atoms with E-state index in [4.69, 9.17) is 4.74 Å². The van der Waals surface area contributed by atoms with Gasteiger partial charge in [-0.05, 0) is 24.0 Å². The Hall–Kier alpha value is -1.81. The highest BCUT2D eigenvalue weighted by molar-refractivity contribution is 5.87. The molecule has 0 radical (unpaired) electrons. The van der Waals surface area contributed by atoms with Crippen LogP contribution in [0.2, 0.25) is 0 Å². The van der Waals surface area contributed by atoms with Crippen LogP contribution in [0.1, 0.15) is 37.6 Å². The summed E-state index contributed by atoms with van der Waals surface area (Å²) in [5, 5.41) is 4.67. The Labute approximate surface area is 124 Å². The van der Waals surface area contributed by atoms with Crippen molar-refractivity contribution in [2.45, 2.75) is 38.8 Å². The van der Waals surface area contributed by atoms with Gasteiger partial charge in [0.15, 0.2) is 0 Å². The second-order valence-electron chi connectivity index (χ2n) is 6.19. The molecule has 4 heteroatoms. The molecular weight excluding hydrogens is 264 g/mol. The van der Waals surface area contributed by atoms with Gasteiger partial charge in [0, 0.05) is 29.1 Å². The van der Waals surface area contributed by atoms with Crippen LogP contribution in [-0.4, -0.2) is 24.1 Å². The number of para-hydroxylation sites is 1. The smallest absolute Gasteiger partial charge is 0.323 e. The average molecular weight is 286 g/mol. The summed E-state index contributed by atoms with van der Waals surface area (Å²) in [4.78, 5) is 15.5. The number of methoxy groups -OCH3 is 1. The number of ether oxygens (including phenoxy) is 1. The molecule has 0 saturated carbocycles. The number of carbonyl (C=O) groups excluding carboxylic acids is 1. The highest BCUT2D eigenvalue weighted by Crippen LogP contribution is 2.34. The van der Waals surface area contributed by atoms with Gasteiger partial charge in [-0.15, -0.1) is 0 Å². The van der Waals surface area contributed by atoms with Gasteiger partial charge in [-0.1, -0.05) is 32.0 Å². The lowest BCUT2D eigenvalue weighted by molar-refractivity contribution is -0.143. The molecule has 1 aromatic heterocycles. The molecule has 1 aliphatic rings. The first-order chi connectivity index (χ1) is 10.1. The van der Waals surface area contributed by atoms with Gasteiger partial charge in [0.25, 0.3) is 0 Å². The van der Waals surface area contributed by atoms with Gasteiger partial charge in [0.2, 0.25) is 0 Å². The van der Waals surface area contributed by atoms with Gasteiger partial charge in [0.1, 0.15) is 6.04 Å². The molecule has 3 rings (SSSR count). The Kier molecular flexibility index (Phi) is 3.72. The van der Waals surface area contributed by atoms with Crippen molar-refractivity contribution in [3.05, 3.63) is 35.5 Å². The number of hydrogen-bond acceptors (Lipinski definition) is 3. The molecule has 2 heterocycles. The summed E-state index contributed by atoms with van der Waals surface area (Å²) in [5.41, 5.74) is 3.62. The fourth-order valence-electron chi connectivity index (χ4n) is 3.28. The summed E-state index contributed by atoms with van der Waals surface area (Å²) in [6, 6.07) is 8.20. The Morgan fingerprint density at radius 2 is 2.14 bits per heavy atom. The van der Waals surface area contributed by atoms with Crippen LogP contribution in [0.3, 0.4) is 0 Å². The summed E-state index contributed by atoms with van der Waals surface area (Å²) >= 11 is 0. The molecular formula is C17H22N2O2. The number of benzene rings is 1. The van der Waals surface area contributed by atoms with E-state index < -0.39 is 0 Å². The molecule has 0 aliphatic carbocycles. The van der Waals surface area contributed by atoms with Gasteiger partial charge >= 0.3 is 5.97 Å². The molecule has 2 aromatic rings. The third-order valence-corrected chi connectivity index (χ3v) is 4.20. The maximum Gasteiger partial charge on any atom is 0.323 e. The molecule has 21 heavy (non-hydrogen) atoms. The van der Waals surface area contributed by atoms with E-state index in [0.717, 1.165) is 11.9 Å². The van der Waals surface area contributed by atoms with Crippen LogP contribution < -0.4 is 5.32 Å². The Balaban J connectivity index is 2.05. The first-order valence-corrected chi connectivity index (χ1v) is 7.53. The van der Waals surface area contributed by atoms with Crippen LogP contribution in [0.4, 0.5) is 0 Å². The van der Waals surface area contributed by atoms with E-state index in [2.05, 4.69) is 36.3 Å². The van der Waals surface area contributed by atoms with E-state index in [1.54, 1.807) is 0 Å². The molecule has 1 aromatic carbocycles. The monoisotopic (exact) mass is 286 g/mol. The van der Waals surface area contributed by atoms with Crippen molar-refractivity contribution in [3.63, 3.8) is 0 Å². The molecule has 0 bridgehead atoms. The molecule has 0 fully saturated rings. The van der Waals surface area contributed by atoms with E-state index in [1.807, 2.05) is 12.1 Å². The number of hydrogen-bond donors (Lipinski definition) is 2. The second-order valence-corrected chi connectivity index (χ2v) is 6.19. The largest absolute Gasteiger partial charge is 0.468 e. The van der Waals surface area contributed by atoms with Crippen LogP contribution in [0.15, 0.2) is 24.3 Å². The van der Waals surface area contributed by atoms with Gasteiger partial charge in [-0.3, -0.25) is 10.1 Å². The van der Waals surface area contributed by atoms with E-state index in [1.165, 1.54) is 23.8 Å². The summed E-state index contributed by atoms with van der Waals surface area (Å²) < 4.78 is 4.94. The van der Waals surface area contributed by atoms with Gasteiger partial charge in [-0.25, -0.2) is 0 Å². The van der Waals surface area contributed by atoms with Crippen molar-refractivity contribution < 1.29 is 9.53 Å². The first-order valence-electron chi connectivity index (χ1n) is 7.53. The molecule has 0 saturated heterocycles. The fraction of sp³-hybridized carbons (Fsp3) is 0.471. The lowest BCUT2D eigenvalue weighted by Gasteiger charge is -2.31. The summed E-state index contributed by atoms with van der Waals surface area (Å²) in [5.74, 6) is 0.373. The number of fused-ring (bicyclic) bond motifs is 3. The van der Waals surface area contributed by atoms with Gasteiger partial charge in [-0.2, -0.15) is 0 Å². The van der Waals surface area contributed by atoms with Crippen LogP contribution >= 0.6 is 0 Å². The number of carbonyl (C=O) groups is 1. The predicted molar refractivity (Wildman–Crippen MR) is 83.1 cm³/mol. The molecule has 0 amide bonds. The number of esters is 1. The lowest BCUT2D eigenvalue weighted by Crippen LogP contribution is -2.45. The predicted octanol–water partition coefficient (Wildman–Crippen LogP) is 2.94. The van der Waals surface area contributed by atoms with E-state index in [-0.39, 0.29) is 18.1 Å². The number of H-pyrrole nitrogens is 1. The molecule has 1 aliphatic heterocycles. The van der Waals surface area contributed by atoms with Crippen molar-refractivity contribution in [3.8, 4) is 0 Å². The Bertz CT molecular complexity index is 660. The number of nitrogens with one attached hydrogen (secondary N) is 2. The zero-order chi connectivity index (χ0) is 15.0. The SMILES string of the molecule is COC(=O)[C@H]1Cc2c([nH]c3ccccc23)[C@@H](CC(C)C)N1. The van der Waals surface area contributed by atoms with E-state index in [9.17, 15) is 4.79 Å². The standard InChI is InChI=1S/C17H22N2O2/c1-10(2)8-14-16-12(9-15(18-14)17(20)21-3)11-6-4-5-7-13(11)19-16/h4-7,10,14-15,18-19H,8-9H2,1-3H3/t14-,15-/m1/s1. The molecule has 2 N–H and O–H groups in total. The highest BCUT2D eigenvalue weighted by Gasteiger charge is 2.33. The fourth-order valence-corrected chi connectivity index (χ4v) is 3.28. The third-order valence-electron chi connectivity index (χ3n) is 4.20. The Morgan fingerprint density at radius 3 is 2.86 bits per heavy atom. The maximum atomic E-state index is 12.0. The van der Waals surface area contributed by atoms with Crippen molar-refractivity contribution in [1.29, 1.82) is 0 Å².